The number of sulfonamides is 1. The molecule has 0 aliphatic rings. The lowest BCUT2D eigenvalue weighted by Gasteiger charge is -2.09. The molecule has 0 saturated carbocycles. The second-order valence-corrected chi connectivity index (χ2v) is 7.50. The molecular formula is C16H17N5O3S. The standard InChI is InChI=1S/C16H17N5O3S/c1-10(2)21-16-12(8-19-21)7-13(9-18-16)20-25(23,24)14-5-3-11(4-6-14)15(17)22/h3-10,20H,1-2H3,(H2,17,22). The van der Waals surface area contributed by atoms with Crippen LogP contribution in [0.15, 0.2) is 47.6 Å². The van der Waals surface area contributed by atoms with E-state index in [4.69, 9.17) is 5.73 Å². The molecule has 3 aromatic rings. The topological polar surface area (TPSA) is 120 Å². The largest absolute Gasteiger partial charge is 0.366 e. The first-order valence-electron chi connectivity index (χ1n) is 7.54. The molecule has 0 saturated heterocycles. The molecule has 0 aliphatic carbocycles. The second-order valence-electron chi connectivity index (χ2n) is 5.81. The van der Waals surface area contributed by atoms with Crippen LogP contribution in [0.3, 0.4) is 0 Å². The zero-order chi connectivity index (χ0) is 18.2. The van der Waals surface area contributed by atoms with Gasteiger partial charge in [0.15, 0.2) is 5.65 Å². The summed E-state index contributed by atoms with van der Waals surface area (Å²) in [5.41, 5.74) is 6.40. The number of benzene rings is 1. The molecule has 0 bridgehead atoms. The molecule has 2 heterocycles. The molecule has 25 heavy (non-hydrogen) atoms. The second kappa shape index (κ2) is 6.17. The van der Waals surface area contributed by atoms with Crippen LogP contribution in [0.2, 0.25) is 0 Å². The maximum absolute atomic E-state index is 12.5. The van der Waals surface area contributed by atoms with Gasteiger partial charge in [0.1, 0.15) is 0 Å². The lowest BCUT2D eigenvalue weighted by Crippen LogP contribution is -2.14. The van der Waals surface area contributed by atoms with E-state index in [0.29, 0.717) is 11.3 Å². The molecule has 0 unspecified atom stereocenters. The highest BCUT2D eigenvalue weighted by molar-refractivity contribution is 7.92. The monoisotopic (exact) mass is 359 g/mol. The van der Waals surface area contributed by atoms with Gasteiger partial charge < -0.3 is 5.73 Å². The van der Waals surface area contributed by atoms with Crippen molar-refractivity contribution in [3.05, 3.63) is 48.3 Å². The highest BCUT2D eigenvalue weighted by atomic mass is 32.2. The molecule has 0 spiro atoms. The summed E-state index contributed by atoms with van der Waals surface area (Å²) in [7, 11) is -3.80. The molecule has 2 aromatic heterocycles. The van der Waals surface area contributed by atoms with Crippen molar-refractivity contribution in [1.29, 1.82) is 0 Å². The number of nitrogens with one attached hydrogen (secondary N) is 1. The average Bonchev–Trinajstić information content (AvgIpc) is 2.98. The third kappa shape index (κ3) is 3.31. The molecule has 9 heteroatoms. The number of hydrogen-bond donors (Lipinski definition) is 2. The molecule has 1 amide bonds. The first kappa shape index (κ1) is 16.9. The average molecular weight is 359 g/mol. The summed E-state index contributed by atoms with van der Waals surface area (Å²) in [6.45, 7) is 3.97. The van der Waals surface area contributed by atoms with E-state index in [0.717, 1.165) is 5.39 Å². The van der Waals surface area contributed by atoms with Gasteiger partial charge >= 0.3 is 0 Å². The number of hydrogen-bond acceptors (Lipinski definition) is 5. The Morgan fingerprint density at radius 3 is 2.48 bits per heavy atom. The normalized spacial score (nSPS) is 11.8. The maximum Gasteiger partial charge on any atom is 0.261 e. The van der Waals surface area contributed by atoms with Crippen molar-refractivity contribution in [2.24, 2.45) is 5.73 Å². The predicted molar refractivity (Wildman–Crippen MR) is 93.7 cm³/mol. The molecule has 3 rings (SSSR count). The zero-order valence-corrected chi connectivity index (χ0v) is 14.5. The maximum atomic E-state index is 12.5. The molecule has 0 atom stereocenters. The van der Waals surface area contributed by atoms with E-state index in [-0.39, 0.29) is 16.5 Å². The minimum absolute atomic E-state index is 0.0236. The Balaban J connectivity index is 1.90. The first-order chi connectivity index (χ1) is 11.8. The molecule has 0 fully saturated rings. The van der Waals surface area contributed by atoms with E-state index >= 15 is 0 Å². The summed E-state index contributed by atoms with van der Waals surface area (Å²) in [5, 5.41) is 4.98. The number of nitrogens with zero attached hydrogens (tertiary/aromatic N) is 3. The number of amides is 1. The number of rotatable bonds is 5. The molecule has 1 aromatic carbocycles. The fraction of sp³-hybridized carbons (Fsp3) is 0.188. The van der Waals surface area contributed by atoms with E-state index in [2.05, 4.69) is 14.8 Å². The van der Waals surface area contributed by atoms with Crippen LogP contribution in [0.1, 0.15) is 30.2 Å². The van der Waals surface area contributed by atoms with Crippen LogP contribution in [0.4, 0.5) is 5.69 Å². The third-order valence-electron chi connectivity index (χ3n) is 3.62. The molecule has 130 valence electrons. The number of nitrogens with two attached hydrogens (primary N) is 1. The van der Waals surface area contributed by atoms with Crippen molar-refractivity contribution in [1.82, 2.24) is 14.8 Å². The van der Waals surface area contributed by atoms with Gasteiger partial charge in [0.25, 0.3) is 10.0 Å². The molecule has 3 N–H and O–H groups in total. The van der Waals surface area contributed by atoms with Crippen LogP contribution in [-0.4, -0.2) is 29.1 Å². The summed E-state index contributed by atoms with van der Waals surface area (Å²) in [6, 6.07) is 7.20. The summed E-state index contributed by atoms with van der Waals surface area (Å²) < 4.78 is 29.1. The van der Waals surface area contributed by atoms with Crippen molar-refractivity contribution in [3.8, 4) is 0 Å². The predicted octanol–water partition coefficient (Wildman–Crippen LogP) is 1.91. The van der Waals surface area contributed by atoms with Gasteiger partial charge in [-0.15, -0.1) is 0 Å². The van der Waals surface area contributed by atoms with Crippen molar-refractivity contribution in [2.45, 2.75) is 24.8 Å². The van der Waals surface area contributed by atoms with Crippen molar-refractivity contribution >= 4 is 32.7 Å². The molecule has 8 nitrogen and oxygen atoms in total. The Bertz CT molecular complexity index is 1040. The van der Waals surface area contributed by atoms with Gasteiger partial charge in [-0.3, -0.25) is 9.52 Å². The number of pyridine rings is 1. The lowest BCUT2D eigenvalue weighted by molar-refractivity contribution is 0.1000. The summed E-state index contributed by atoms with van der Waals surface area (Å²) in [6.07, 6.45) is 3.08. The van der Waals surface area contributed by atoms with Gasteiger partial charge in [-0.05, 0) is 44.2 Å². The summed E-state index contributed by atoms with van der Waals surface area (Å²) >= 11 is 0. The Kier molecular flexibility index (Phi) is 4.17. The molecule has 0 aliphatic heterocycles. The smallest absolute Gasteiger partial charge is 0.261 e. The Labute approximate surface area is 144 Å². The summed E-state index contributed by atoms with van der Waals surface area (Å²) in [5.74, 6) is -0.617. The fourth-order valence-corrected chi connectivity index (χ4v) is 3.42. The van der Waals surface area contributed by atoms with E-state index in [9.17, 15) is 13.2 Å². The highest BCUT2D eigenvalue weighted by Crippen LogP contribution is 2.21. The van der Waals surface area contributed by atoms with Crippen LogP contribution in [-0.2, 0) is 10.0 Å². The van der Waals surface area contributed by atoms with E-state index in [1.807, 2.05) is 13.8 Å². The van der Waals surface area contributed by atoms with Crippen LogP contribution < -0.4 is 10.5 Å². The number of primary amides is 1. The SMILES string of the molecule is CC(C)n1ncc2cc(NS(=O)(=O)c3ccc(C(N)=O)cc3)cnc21. The van der Waals surface area contributed by atoms with Gasteiger partial charge in [0, 0.05) is 17.0 Å². The van der Waals surface area contributed by atoms with Crippen LogP contribution in [0.25, 0.3) is 11.0 Å². The third-order valence-corrected chi connectivity index (χ3v) is 5.02. The Morgan fingerprint density at radius 2 is 1.88 bits per heavy atom. The van der Waals surface area contributed by atoms with E-state index < -0.39 is 15.9 Å². The first-order valence-corrected chi connectivity index (χ1v) is 9.02. The number of anilines is 1. The van der Waals surface area contributed by atoms with Crippen LogP contribution in [0.5, 0.6) is 0 Å². The van der Waals surface area contributed by atoms with Crippen molar-refractivity contribution in [3.63, 3.8) is 0 Å². The molecular weight excluding hydrogens is 342 g/mol. The fourth-order valence-electron chi connectivity index (χ4n) is 2.39. The minimum atomic E-state index is -3.80. The number of aromatic nitrogens is 3. The van der Waals surface area contributed by atoms with Crippen molar-refractivity contribution < 1.29 is 13.2 Å². The quantitative estimate of drug-likeness (QED) is 0.721. The Hall–Kier alpha value is -2.94. The number of fused-ring (bicyclic) bond motifs is 1. The van der Waals surface area contributed by atoms with Gasteiger partial charge in [0.2, 0.25) is 5.91 Å². The van der Waals surface area contributed by atoms with Crippen LogP contribution in [0, 0.1) is 0 Å². The van der Waals surface area contributed by atoms with Gasteiger partial charge in [-0.2, -0.15) is 5.10 Å². The van der Waals surface area contributed by atoms with E-state index in [1.165, 1.54) is 30.5 Å². The van der Waals surface area contributed by atoms with Gasteiger partial charge in [-0.1, -0.05) is 0 Å². The van der Waals surface area contributed by atoms with Gasteiger partial charge in [0.05, 0.1) is 23.0 Å². The van der Waals surface area contributed by atoms with E-state index in [1.54, 1.807) is 16.9 Å². The number of carbonyl (C=O) groups is 1. The summed E-state index contributed by atoms with van der Waals surface area (Å²) in [4.78, 5) is 15.4. The molecule has 0 radical (unpaired) electrons. The zero-order valence-electron chi connectivity index (χ0n) is 13.7. The number of carbonyl (C=O) groups excluding carboxylic acids is 1. The highest BCUT2D eigenvalue weighted by Gasteiger charge is 2.16. The van der Waals surface area contributed by atoms with Crippen molar-refractivity contribution in [2.75, 3.05) is 4.72 Å². The minimum Gasteiger partial charge on any atom is -0.366 e. The lowest BCUT2D eigenvalue weighted by atomic mass is 10.2. The Morgan fingerprint density at radius 1 is 1.20 bits per heavy atom. The van der Waals surface area contributed by atoms with Crippen LogP contribution >= 0.6 is 0 Å². The van der Waals surface area contributed by atoms with Gasteiger partial charge in [-0.25, -0.2) is 18.1 Å².